The maximum absolute atomic E-state index is 10.5. The zero-order valence-electron chi connectivity index (χ0n) is 10.8. The van der Waals surface area contributed by atoms with Gasteiger partial charge in [0.2, 0.25) is 0 Å². The van der Waals surface area contributed by atoms with Gasteiger partial charge in [-0.05, 0) is 18.6 Å². The van der Waals surface area contributed by atoms with Crippen LogP contribution in [-0.4, -0.2) is 41.3 Å². The fourth-order valence-corrected chi connectivity index (χ4v) is 2.35. The van der Waals surface area contributed by atoms with Crippen LogP contribution in [0.4, 0.5) is 0 Å². The monoisotopic (exact) mass is 260 g/mol. The normalized spacial score (nSPS) is 17.5. The van der Waals surface area contributed by atoms with Gasteiger partial charge >= 0.3 is 5.97 Å². The first-order valence-electron chi connectivity index (χ1n) is 6.08. The highest BCUT2D eigenvalue weighted by Gasteiger charge is 2.40. The summed E-state index contributed by atoms with van der Waals surface area (Å²) >= 11 is 0. The van der Waals surface area contributed by atoms with Gasteiger partial charge in [-0.3, -0.25) is 4.90 Å². The maximum atomic E-state index is 10.5. The van der Waals surface area contributed by atoms with E-state index in [4.69, 9.17) is 15.1 Å². The van der Waals surface area contributed by atoms with Crippen LogP contribution in [0, 0.1) is 11.3 Å². The Hall–Kier alpha value is -1.90. The Morgan fingerprint density at radius 2 is 2.21 bits per heavy atom. The molecule has 0 amide bonds. The molecule has 0 saturated carbocycles. The van der Waals surface area contributed by atoms with E-state index in [0.29, 0.717) is 25.2 Å². The topological polar surface area (TPSA) is 73.6 Å². The number of aliphatic carboxylic acids is 1. The summed E-state index contributed by atoms with van der Waals surface area (Å²) in [5.74, 6) is -0.950. The van der Waals surface area contributed by atoms with Crippen molar-refractivity contribution in [2.45, 2.75) is 19.1 Å². The van der Waals surface area contributed by atoms with E-state index < -0.39 is 5.97 Å². The summed E-state index contributed by atoms with van der Waals surface area (Å²) in [6.45, 7) is 3.69. The molecule has 1 heterocycles. The van der Waals surface area contributed by atoms with Gasteiger partial charge in [0, 0.05) is 19.6 Å². The van der Waals surface area contributed by atoms with E-state index in [9.17, 15) is 4.79 Å². The highest BCUT2D eigenvalue weighted by molar-refractivity contribution is 5.68. The minimum Gasteiger partial charge on any atom is -0.480 e. The van der Waals surface area contributed by atoms with Gasteiger partial charge < -0.3 is 9.84 Å². The molecule has 1 aromatic rings. The average molecular weight is 260 g/mol. The number of nitrogens with zero attached hydrogens (tertiary/aromatic N) is 2. The van der Waals surface area contributed by atoms with Crippen molar-refractivity contribution in [2.24, 2.45) is 0 Å². The zero-order chi connectivity index (χ0) is 13.9. The fraction of sp³-hybridized carbons (Fsp3) is 0.429. The molecule has 0 unspecified atom stereocenters. The summed E-state index contributed by atoms with van der Waals surface area (Å²) in [7, 11) is 0. The number of carboxylic acids is 1. The Bertz CT molecular complexity index is 516. The second kappa shape index (κ2) is 5.39. The lowest BCUT2D eigenvalue weighted by Gasteiger charge is -2.47. The summed E-state index contributed by atoms with van der Waals surface area (Å²) in [6, 6.07) is 9.67. The van der Waals surface area contributed by atoms with Crippen molar-refractivity contribution in [3.8, 4) is 6.07 Å². The molecular weight excluding hydrogens is 244 g/mol. The van der Waals surface area contributed by atoms with Crippen molar-refractivity contribution in [1.82, 2.24) is 4.90 Å². The van der Waals surface area contributed by atoms with Crippen molar-refractivity contribution in [3.63, 3.8) is 0 Å². The van der Waals surface area contributed by atoms with Gasteiger partial charge in [-0.2, -0.15) is 5.26 Å². The van der Waals surface area contributed by atoms with Gasteiger partial charge in [-0.25, -0.2) is 4.79 Å². The van der Waals surface area contributed by atoms with Crippen molar-refractivity contribution in [3.05, 3.63) is 35.4 Å². The highest BCUT2D eigenvalue weighted by atomic mass is 16.5. The summed E-state index contributed by atoms with van der Waals surface area (Å²) in [5, 5.41) is 17.6. The molecule has 1 aromatic carbocycles. The van der Waals surface area contributed by atoms with Gasteiger partial charge in [0.15, 0.2) is 0 Å². The Morgan fingerprint density at radius 1 is 1.53 bits per heavy atom. The number of rotatable bonds is 5. The smallest absolute Gasteiger partial charge is 0.329 e. The van der Waals surface area contributed by atoms with Crippen molar-refractivity contribution in [1.29, 1.82) is 5.26 Å². The van der Waals surface area contributed by atoms with Crippen LogP contribution in [0.25, 0.3) is 0 Å². The van der Waals surface area contributed by atoms with Gasteiger partial charge in [0.05, 0.1) is 17.2 Å². The quantitative estimate of drug-likeness (QED) is 0.862. The first kappa shape index (κ1) is 13.5. The zero-order valence-corrected chi connectivity index (χ0v) is 10.8. The number of hydrogen-bond acceptors (Lipinski definition) is 4. The minimum absolute atomic E-state index is 0.265. The SMILES string of the molecule is CC1(OCC(=O)O)CN(Cc2ccccc2C#N)C1. The maximum Gasteiger partial charge on any atom is 0.329 e. The third kappa shape index (κ3) is 3.31. The first-order valence-corrected chi connectivity index (χ1v) is 6.08. The lowest BCUT2D eigenvalue weighted by molar-refractivity contribution is -0.165. The largest absolute Gasteiger partial charge is 0.480 e. The van der Waals surface area contributed by atoms with Crippen LogP contribution < -0.4 is 0 Å². The van der Waals surface area contributed by atoms with Crippen LogP contribution in [0.15, 0.2) is 24.3 Å². The van der Waals surface area contributed by atoms with Gasteiger partial charge in [0.25, 0.3) is 0 Å². The molecule has 2 rings (SSSR count). The molecule has 5 nitrogen and oxygen atoms in total. The summed E-state index contributed by atoms with van der Waals surface area (Å²) in [4.78, 5) is 12.6. The van der Waals surface area contributed by atoms with E-state index in [2.05, 4.69) is 11.0 Å². The Kier molecular flexibility index (Phi) is 3.84. The molecule has 0 aliphatic carbocycles. The van der Waals surface area contributed by atoms with E-state index in [1.807, 2.05) is 25.1 Å². The number of carbonyl (C=O) groups is 1. The summed E-state index contributed by atoms with van der Waals surface area (Å²) in [6.07, 6.45) is 0. The molecule has 0 radical (unpaired) electrons. The van der Waals surface area contributed by atoms with Crippen LogP contribution in [-0.2, 0) is 16.1 Å². The Labute approximate surface area is 112 Å². The highest BCUT2D eigenvalue weighted by Crippen LogP contribution is 2.26. The third-order valence-corrected chi connectivity index (χ3v) is 3.19. The van der Waals surface area contributed by atoms with Crippen LogP contribution in [0.3, 0.4) is 0 Å². The van der Waals surface area contributed by atoms with E-state index >= 15 is 0 Å². The fourth-order valence-electron chi connectivity index (χ4n) is 2.35. The Morgan fingerprint density at radius 3 is 2.84 bits per heavy atom. The van der Waals surface area contributed by atoms with Crippen LogP contribution in [0.1, 0.15) is 18.1 Å². The number of nitriles is 1. The molecule has 0 spiro atoms. The molecule has 0 aromatic heterocycles. The van der Waals surface area contributed by atoms with Gasteiger partial charge in [-0.15, -0.1) is 0 Å². The molecule has 100 valence electrons. The van der Waals surface area contributed by atoms with Crippen molar-refractivity contribution >= 4 is 5.97 Å². The van der Waals surface area contributed by atoms with Crippen molar-refractivity contribution in [2.75, 3.05) is 19.7 Å². The molecule has 5 heteroatoms. The number of likely N-dealkylation sites (tertiary alicyclic amines) is 1. The summed E-state index contributed by atoms with van der Waals surface area (Å²) < 4.78 is 5.35. The molecule has 1 aliphatic heterocycles. The van der Waals surface area contributed by atoms with Gasteiger partial charge in [-0.1, -0.05) is 18.2 Å². The lowest BCUT2D eigenvalue weighted by Crippen LogP contribution is -2.61. The average Bonchev–Trinajstić information content (AvgIpc) is 2.35. The minimum atomic E-state index is -0.950. The van der Waals surface area contributed by atoms with Crippen LogP contribution >= 0.6 is 0 Å². The van der Waals surface area contributed by atoms with Crippen LogP contribution in [0.5, 0.6) is 0 Å². The van der Waals surface area contributed by atoms with E-state index in [0.717, 1.165) is 5.56 Å². The second-order valence-electron chi connectivity index (χ2n) is 5.05. The molecule has 1 aliphatic rings. The van der Waals surface area contributed by atoms with E-state index in [1.165, 1.54) is 0 Å². The van der Waals surface area contributed by atoms with Crippen LogP contribution in [0.2, 0.25) is 0 Å². The molecule has 0 bridgehead atoms. The second-order valence-corrected chi connectivity index (χ2v) is 5.05. The molecule has 1 saturated heterocycles. The third-order valence-electron chi connectivity index (χ3n) is 3.19. The van der Waals surface area contributed by atoms with Gasteiger partial charge in [0.1, 0.15) is 6.61 Å². The number of carboxylic acid groups (broad SMARTS) is 1. The standard InChI is InChI=1S/C14H16N2O3/c1-14(19-8-13(17)18)9-16(10-14)7-12-5-3-2-4-11(12)6-15/h2-5H,7-10H2,1H3,(H,17,18). The molecule has 1 fully saturated rings. The number of benzene rings is 1. The number of ether oxygens (including phenoxy) is 1. The molecule has 19 heavy (non-hydrogen) atoms. The molecular formula is C14H16N2O3. The number of hydrogen-bond donors (Lipinski definition) is 1. The lowest BCUT2D eigenvalue weighted by atomic mass is 9.95. The Balaban J connectivity index is 1.88. The van der Waals surface area contributed by atoms with E-state index in [1.54, 1.807) is 6.07 Å². The molecule has 0 atom stereocenters. The predicted octanol–water partition coefficient (Wildman–Crippen LogP) is 1.23. The van der Waals surface area contributed by atoms with E-state index in [-0.39, 0.29) is 12.2 Å². The first-order chi connectivity index (χ1) is 9.02. The summed E-state index contributed by atoms with van der Waals surface area (Å²) in [5.41, 5.74) is 1.29. The molecule has 1 N–H and O–H groups in total. The van der Waals surface area contributed by atoms with Crippen molar-refractivity contribution < 1.29 is 14.6 Å². The predicted molar refractivity (Wildman–Crippen MR) is 68.4 cm³/mol.